The molecule has 0 radical (unpaired) electrons. The number of rotatable bonds is 23. The summed E-state index contributed by atoms with van der Waals surface area (Å²) in [5, 5.41) is 0. The number of phosphoric ester groups is 1. The van der Waals surface area contributed by atoms with Gasteiger partial charge in [0.1, 0.15) is 6.10 Å². The number of unbranched alkanes of at least 4 members (excludes halogenated alkanes) is 13. The second-order valence-electron chi connectivity index (χ2n) is 11.3. The molecule has 7 nitrogen and oxygen atoms in total. The van der Waals surface area contributed by atoms with Crippen molar-refractivity contribution in [2.75, 3.05) is 54.1 Å². The van der Waals surface area contributed by atoms with Crippen molar-refractivity contribution in [2.24, 2.45) is 0 Å². The molecular weight excluding hydrogens is 477 g/mol. The Kier molecular flexibility index (Phi) is 19.7. The number of likely N-dealkylation sites (tertiary alicyclic amines) is 1. The lowest BCUT2D eigenvalue weighted by molar-refractivity contribution is -0.889. The molecule has 0 aromatic rings. The van der Waals surface area contributed by atoms with Crippen molar-refractivity contribution in [1.82, 2.24) is 0 Å². The molecule has 0 aromatic heterocycles. The smallest absolute Gasteiger partial charge is 0.268 e. The summed E-state index contributed by atoms with van der Waals surface area (Å²) in [4.78, 5) is 12.3. The predicted octanol–water partition coefficient (Wildman–Crippen LogP) is 6.63. The van der Waals surface area contributed by atoms with Gasteiger partial charge in [-0.05, 0) is 19.3 Å². The highest BCUT2D eigenvalue weighted by Gasteiger charge is 2.27. The highest BCUT2D eigenvalue weighted by Crippen LogP contribution is 2.42. The Morgan fingerprint density at radius 3 is 1.94 bits per heavy atom. The van der Waals surface area contributed by atoms with E-state index in [1.54, 1.807) is 7.11 Å². The number of phosphoric acid groups is 1. The zero-order valence-electron chi connectivity index (χ0n) is 24.1. The summed E-state index contributed by atoms with van der Waals surface area (Å²) >= 11 is 0. The monoisotopic (exact) mass is 535 g/mol. The molecule has 0 N–H and O–H groups in total. The molecule has 1 fully saturated rings. The molecule has 8 heteroatoms. The Labute approximate surface area is 222 Å². The van der Waals surface area contributed by atoms with Crippen LogP contribution < -0.4 is 4.89 Å². The van der Waals surface area contributed by atoms with E-state index in [1.807, 2.05) is 0 Å². The average molecular weight is 536 g/mol. The Bertz CT molecular complexity index is 562. The molecule has 1 heterocycles. The Morgan fingerprint density at radius 1 is 0.833 bits per heavy atom. The topological polar surface area (TPSA) is 77.1 Å². The maximum Gasteiger partial charge on any atom is 0.268 e. The van der Waals surface area contributed by atoms with Gasteiger partial charge < -0.3 is 27.9 Å². The molecule has 0 amide bonds. The molecule has 0 aliphatic carbocycles. The number of quaternary nitrogens is 1. The molecule has 3 atom stereocenters. The van der Waals surface area contributed by atoms with Gasteiger partial charge in [0.2, 0.25) is 0 Å². The molecular formula is C28H58NO6P. The quantitative estimate of drug-likeness (QED) is 0.0830. The van der Waals surface area contributed by atoms with Gasteiger partial charge in [-0.15, -0.1) is 0 Å². The van der Waals surface area contributed by atoms with Crippen molar-refractivity contribution in [1.29, 1.82) is 0 Å². The number of hydrogen-bond acceptors (Lipinski definition) is 6. The van der Waals surface area contributed by atoms with Crippen LogP contribution >= 0.6 is 7.82 Å². The van der Waals surface area contributed by atoms with Crippen molar-refractivity contribution in [2.45, 2.75) is 128 Å². The zero-order chi connectivity index (χ0) is 26.5. The van der Waals surface area contributed by atoms with Gasteiger partial charge in [-0.1, -0.05) is 90.4 Å². The third-order valence-corrected chi connectivity index (χ3v) is 8.34. The van der Waals surface area contributed by atoms with E-state index in [2.05, 4.69) is 21.0 Å². The summed E-state index contributed by atoms with van der Waals surface area (Å²) in [5.41, 5.74) is 0. The summed E-state index contributed by atoms with van der Waals surface area (Å²) in [6, 6.07) is 0. The highest BCUT2D eigenvalue weighted by atomic mass is 31.2. The van der Waals surface area contributed by atoms with E-state index in [9.17, 15) is 9.46 Å². The molecule has 36 heavy (non-hydrogen) atoms. The van der Waals surface area contributed by atoms with Crippen LogP contribution in [0.5, 0.6) is 0 Å². The first-order valence-corrected chi connectivity index (χ1v) is 16.3. The van der Waals surface area contributed by atoms with Crippen molar-refractivity contribution < 1.29 is 32.5 Å². The average Bonchev–Trinajstić information content (AvgIpc) is 3.00. The molecule has 0 aromatic carbocycles. The molecule has 1 rings (SSSR count). The van der Waals surface area contributed by atoms with E-state index >= 15 is 0 Å². The van der Waals surface area contributed by atoms with Gasteiger partial charge in [0.25, 0.3) is 7.82 Å². The second-order valence-corrected chi connectivity index (χ2v) is 12.7. The summed E-state index contributed by atoms with van der Waals surface area (Å²) in [6.45, 7) is 5.12. The first-order valence-electron chi connectivity index (χ1n) is 14.8. The van der Waals surface area contributed by atoms with Gasteiger partial charge in [0.05, 0.1) is 46.5 Å². The van der Waals surface area contributed by atoms with Crippen molar-refractivity contribution in [3.8, 4) is 0 Å². The van der Waals surface area contributed by atoms with Crippen LogP contribution in [0.2, 0.25) is 0 Å². The first-order chi connectivity index (χ1) is 17.3. The Morgan fingerprint density at radius 2 is 1.39 bits per heavy atom. The molecule has 216 valence electrons. The van der Waals surface area contributed by atoms with Gasteiger partial charge >= 0.3 is 0 Å². The normalized spacial score (nSPS) is 20.6. The van der Waals surface area contributed by atoms with Crippen LogP contribution in [0.3, 0.4) is 0 Å². The van der Waals surface area contributed by atoms with E-state index in [4.69, 9.17) is 18.5 Å². The first kappa shape index (κ1) is 34.0. The lowest BCUT2D eigenvalue weighted by Gasteiger charge is -2.30. The molecule has 3 unspecified atom stereocenters. The van der Waals surface area contributed by atoms with E-state index in [0.29, 0.717) is 13.2 Å². The molecule has 1 aliphatic rings. The molecule has 1 aliphatic heterocycles. The SMILES string of the molecule is CCCCCCCCCCCCCCCCOCC(COP(=O)([O-])OC1CCC[N+](C)(C)CC1)OC. The number of methoxy groups -OCH3 is 1. The van der Waals surface area contributed by atoms with Gasteiger partial charge in [-0.25, -0.2) is 0 Å². The molecule has 0 saturated carbocycles. The van der Waals surface area contributed by atoms with Gasteiger partial charge in [-0.3, -0.25) is 4.57 Å². The maximum absolute atomic E-state index is 12.3. The second kappa shape index (κ2) is 20.9. The minimum atomic E-state index is -4.36. The Hall–Kier alpha value is -0.0100. The van der Waals surface area contributed by atoms with Crippen LogP contribution in [0.4, 0.5) is 0 Å². The fraction of sp³-hybridized carbons (Fsp3) is 1.00. The van der Waals surface area contributed by atoms with E-state index in [1.165, 1.54) is 83.5 Å². The predicted molar refractivity (Wildman–Crippen MR) is 146 cm³/mol. The van der Waals surface area contributed by atoms with Gasteiger partial charge in [0, 0.05) is 20.1 Å². The third-order valence-electron chi connectivity index (χ3n) is 7.32. The van der Waals surface area contributed by atoms with E-state index in [0.717, 1.165) is 43.3 Å². The maximum atomic E-state index is 12.3. The fourth-order valence-corrected chi connectivity index (χ4v) is 5.77. The van der Waals surface area contributed by atoms with E-state index in [-0.39, 0.29) is 12.7 Å². The van der Waals surface area contributed by atoms with Gasteiger partial charge in [-0.2, -0.15) is 0 Å². The zero-order valence-corrected chi connectivity index (χ0v) is 24.9. The minimum Gasteiger partial charge on any atom is -0.756 e. The molecule has 0 spiro atoms. The van der Waals surface area contributed by atoms with Crippen molar-refractivity contribution in [3.05, 3.63) is 0 Å². The van der Waals surface area contributed by atoms with Crippen LogP contribution in [0.1, 0.15) is 116 Å². The number of ether oxygens (including phenoxy) is 2. The van der Waals surface area contributed by atoms with Crippen LogP contribution in [0, 0.1) is 0 Å². The summed E-state index contributed by atoms with van der Waals surface area (Å²) in [7, 11) is 1.52. The lowest BCUT2D eigenvalue weighted by atomic mass is 10.0. The van der Waals surface area contributed by atoms with E-state index < -0.39 is 13.9 Å². The summed E-state index contributed by atoms with van der Waals surface area (Å²) in [5.74, 6) is 0. The standard InChI is InChI=1S/C28H58NO6P/c1-5-6-7-8-9-10-11-12-13-14-15-16-17-18-24-33-25-28(32-4)26-34-36(30,31)35-27-20-19-22-29(2,3)23-21-27/h27-28H,5-26H2,1-4H3. The van der Waals surface area contributed by atoms with Crippen LogP contribution in [-0.2, 0) is 23.1 Å². The molecule has 0 bridgehead atoms. The number of hydrogen-bond donors (Lipinski definition) is 0. The van der Waals surface area contributed by atoms with Crippen LogP contribution in [0.25, 0.3) is 0 Å². The highest BCUT2D eigenvalue weighted by molar-refractivity contribution is 7.45. The fourth-order valence-electron chi connectivity index (χ4n) is 4.79. The van der Waals surface area contributed by atoms with Gasteiger partial charge in [0.15, 0.2) is 0 Å². The van der Waals surface area contributed by atoms with Crippen molar-refractivity contribution in [3.63, 3.8) is 0 Å². The third kappa shape index (κ3) is 19.1. The Balaban J connectivity index is 1.98. The number of nitrogens with zero attached hydrogens (tertiary/aromatic N) is 1. The lowest BCUT2D eigenvalue weighted by Crippen LogP contribution is -2.40. The van der Waals surface area contributed by atoms with Crippen LogP contribution in [0.15, 0.2) is 0 Å². The molecule has 1 saturated heterocycles. The summed E-state index contributed by atoms with van der Waals surface area (Å²) in [6.07, 6.45) is 20.3. The largest absolute Gasteiger partial charge is 0.756 e. The van der Waals surface area contributed by atoms with Crippen LogP contribution in [-0.4, -0.2) is 70.8 Å². The minimum absolute atomic E-state index is 0.0791. The van der Waals surface area contributed by atoms with Crippen molar-refractivity contribution >= 4 is 7.82 Å². The summed E-state index contributed by atoms with van der Waals surface area (Å²) < 4.78 is 34.7.